The summed E-state index contributed by atoms with van der Waals surface area (Å²) in [7, 11) is 0. The molecule has 0 aliphatic carbocycles. The second-order valence-corrected chi connectivity index (χ2v) is 6.18. The average molecular weight is 412 g/mol. The van der Waals surface area contributed by atoms with Gasteiger partial charge in [-0.1, -0.05) is 18.5 Å². The van der Waals surface area contributed by atoms with Crippen molar-refractivity contribution in [3.05, 3.63) is 28.7 Å². The van der Waals surface area contributed by atoms with Crippen LogP contribution in [0.5, 0.6) is 5.75 Å². The highest BCUT2D eigenvalue weighted by Gasteiger charge is 2.26. The molecule has 2 aromatic rings. The molecule has 0 fully saturated rings. The maximum absolute atomic E-state index is 12.9. The summed E-state index contributed by atoms with van der Waals surface area (Å²) >= 11 is 6.35. The molecule has 0 aromatic carbocycles. The fourth-order valence-corrected chi connectivity index (χ4v) is 3.03. The predicted octanol–water partition coefficient (Wildman–Crippen LogP) is 5.67. The lowest BCUT2D eigenvalue weighted by Gasteiger charge is -2.14. The highest BCUT2D eigenvalue weighted by Crippen LogP contribution is 2.38. The van der Waals surface area contributed by atoms with E-state index in [0.717, 1.165) is 0 Å². The first kappa shape index (κ1) is 21.4. The average Bonchev–Trinajstić information content (AvgIpc) is 2.89. The van der Waals surface area contributed by atoms with Crippen molar-refractivity contribution < 1.29 is 26.7 Å². The van der Waals surface area contributed by atoms with Crippen LogP contribution in [0.25, 0.3) is 11.3 Å². The molecule has 150 valence electrons. The van der Waals surface area contributed by atoms with Gasteiger partial charge in [0.15, 0.2) is 0 Å². The van der Waals surface area contributed by atoms with Gasteiger partial charge in [0.2, 0.25) is 0 Å². The molecule has 2 rings (SSSR count). The van der Waals surface area contributed by atoms with Crippen molar-refractivity contribution in [3.63, 3.8) is 0 Å². The van der Waals surface area contributed by atoms with Crippen LogP contribution in [0.4, 0.5) is 22.0 Å². The third kappa shape index (κ3) is 5.54. The van der Waals surface area contributed by atoms with E-state index in [9.17, 15) is 22.0 Å². The van der Waals surface area contributed by atoms with Gasteiger partial charge in [0.25, 0.3) is 0 Å². The number of alkyl halides is 5. The lowest BCUT2D eigenvalue weighted by molar-refractivity contribution is -0.135. The van der Waals surface area contributed by atoms with Gasteiger partial charge >= 0.3 is 12.8 Å². The summed E-state index contributed by atoms with van der Waals surface area (Å²) in [6.07, 6.45) is -3.63. The Morgan fingerprint density at radius 1 is 1.26 bits per heavy atom. The largest absolute Gasteiger partial charge is 0.434 e. The summed E-state index contributed by atoms with van der Waals surface area (Å²) in [4.78, 5) is 4.10. The number of hydrogen-bond donors (Lipinski definition) is 0. The van der Waals surface area contributed by atoms with Crippen LogP contribution in [0, 0.1) is 0 Å². The zero-order valence-corrected chi connectivity index (χ0v) is 15.5. The Labute approximate surface area is 158 Å². The van der Waals surface area contributed by atoms with Crippen molar-refractivity contribution >= 4 is 11.6 Å². The van der Waals surface area contributed by atoms with Gasteiger partial charge in [-0.25, -0.2) is 0 Å². The van der Waals surface area contributed by atoms with E-state index in [1.54, 1.807) is 4.68 Å². The van der Waals surface area contributed by atoms with Gasteiger partial charge in [-0.3, -0.25) is 9.67 Å². The molecule has 10 heteroatoms. The predicted molar refractivity (Wildman–Crippen MR) is 91.1 cm³/mol. The Morgan fingerprint density at radius 2 is 1.96 bits per heavy atom. The van der Waals surface area contributed by atoms with Crippen LogP contribution in [0.1, 0.15) is 38.1 Å². The number of aryl methyl sites for hydroxylation is 3. The van der Waals surface area contributed by atoms with Gasteiger partial charge in [0, 0.05) is 30.9 Å². The highest BCUT2D eigenvalue weighted by atomic mass is 35.5. The first-order valence-electron chi connectivity index (χ1n) is 8.42. The number of ether oxygens (including phenoxy) is 1. The van der Waals surface area contributed by atoms with Crippen molar-refractivity contribution in [1.82, 2.24) is 14.8 Å². The standard InChI is InChI=1S/C17H19ClF5N3O/c1-3-12-14(18)15(26(4-2)25-12)11-9-24-10(6-5-7-17(21,22)23)8-13(11)27-16(19)20/h8-9,16H,3-7H2,1-2H3. The third-order valence-corrected chi connectivity index (χ3v) is 4.28. The van der Waals surface area contributed by atoms with Crippen LogP contribution in [-0.2, 0) is 19.4 Å². The zero-order chi connectivity index (χ0) is 20.2. The van der Waals surface area contributed by atoms with Crippen LogP contribution < -0.4 is 4.74 Å². The molecule has 0 bridgehead atoms. The Hall–Kier alpha value is -1.90. The summed E-state index contributed by atoms with van der Waals surface area (Å²) < 4.78 is 68.7. The second kappa shape index (κ2) is 8.86. The van der Waals surface area contributed by atoms with E-state index >= 15 is 0 Å². The molecule has 0 unspecified atom stereocenters. The molecule has 27 heavy (non-hydrogen) atoms. The van der Waals surface area contributed by atoms with Gasteiger partial charge in [-0.05, 0) is 26.2 Å². The van der Waals surface area contributed by atoms with Crippen LogP contribution in [0.2, 0.25) is 5.02 Å². The molecule has 0 aliphatic rings. The molecule has 0 N–H and O–H groups in total. The first-order chi connectivity index (χ1) is 12.7. The maximum Gasteiger partial charge on any atom is 0.389 e. The minimum absolute atomic E-state index is 0.0135. The fourth-order valence-electron chi connectivity index (χ4n) is 2.66. The van der Waals surface area contributed by atoms with E-state index in [2.05, 4.69) is 14.8 Å². The minimum atomic E-state index is -4.28. The van der Waals surface area contributed by atoms with E-state index in [1.807, 2.05) is 13.8 Å². The van der Waals surface area contributed by atoms with Crippen molar-refractivity contribution in [2.45, 2.75) is 58.9 Å². The lowest BCUT2D eigenvalue weighted by atomic mass is 10.1. The summed E-state index contributed by atoms with van der Waals surface area (Å²) in [6, 6.07) is 1.23. The first-order valence-corrected chi connectivity index (χ1v) is 8.80. The molecular formula is C17H19ClF5N3O. The summed E-state index contributed by atoms with van der Waals surface area (Å²) in [5, 5.41) is 4.64. The van der Waals surface area contributed by atoms with Crippen molar-refractivity contribution in [2.24, 2.45) is 0 Å². The van der Waals surface area contributed by atoms with Crippen molar-refractivity contribution in [3.8, 4) is 17.0 Å². The highest BCUT2D eigenvalue weighted by molar-refractivity contribution is 6.33. The van der Waals surface area contributed by atoms with Gasteiger partial charge < -0.3 is 4.74 Å². The van der Waals surface area contributed by atoms with Crippen LogP contribution in [0.15, 0.2) is 12.3 Å². The summed E-state index contributed by atoms with van der Waals surface area (Å²) in [6.45, 7) is 1.02. The second-order valence-electron chi connectivity index (χ2n) is 5.80. The Kier molecular flexibility index (Phi) is 7.02. The molecule has 4 nitrogen and oxygen atoms in total. The molecule has 0 amide bonds. The normalized spacial score (nSPS) is 12.0. The van der Waals surface area contributed by atoms with Crippen LogP contribution in [0.3, 0.4) is 0 Å². The maximum atomic E-state index is 12.9. The smallest absolute Gasteiger partial charge is 0.389 e. The number of nitrogens with zero attached hydrogens (tertiary/aromatic N) is 3. The summed E-state index contributed by atoms with van der Waals surface area (Å²) in [5.74, 6) is -0.193. The number of halogens is 6. The van der Waals surface area contributed by atoms with Crippen molar-refractivity contribution in [1.29, 1.82) is 0 Å². The van der Waals surface area contributed by atoms with E-state index in [4.69, 9.17) is 11.6 Å². The molecular weight excluding hydrogens is 393 g/mol. The topological polar surface area (TPSA) is 39.9 Å². The van der Waals surface area contributed by atoms with Crippen LogP contribution >= 0.6 is 11.6 Å². The monoisotopic (exact) mass is 411 g/mol. The van der Waals surface area contributed by atoms with E-state index in [0.29, 0.717) is 29.4 Å². The molecule has 0 saturated heterocycles. The molecule has 2 aromatic heterocycles. The van der Waals surface area contributed by atoms with Crippen molar-refractivity contribution in [2.75, 3.05) is 0 Å². The Bertz CT molecular complexity index is 777. The van der Waals surface area contributed by atoms with Gasteiger partial charge in [0.05, 0.1) is 22.0 Å². The number of rotatable bonds is 8. The molecule has 0 saturated carbocycles. The molecule has 0 radical (unpaired) electrons. The molecule has 0 atom stereocenters. The SMILES string of the molecule is CCc1nn(CC)c(-c2cnc(CCCC(F)(F)F)cc2OC(F)F)c1Cl. The van der Waals surface area contributed by atoms with Gasteiger partial charge in [0.1, 0.15) is 5.75 Å². The molecule has 0 aliphatic heterocycles. The van der Waals surface area contributed by atoms with E-state index < -0.39 is 19.2 Å². The van der Waals surface area contributed by atoms with Gasteiger partial charge in [-0.2, -0.15) is 27.1 Å². The van der Waals surface area contributed by atoms with E-state index in [1.165, 1.54) is 12.3 Å². The number of hydrogen-bond acceptors (Lipinski definition) is 3. The summed E-state index contributed by atoms with van der Waals surface area (Å²) in [5.41, 5.74) is 1.44. The quantitative estimate of drug-likeness (QED) is 0.526. The van der Waals surface area contributed by atoms with Gasteiger partial charge in [-0.15, -0.1) is 0 Å². The zero-order valence-electron chi connectivity index (χ0n) is 14.8. The number of pyridine rings is 1. The van der Waals surface area contributed by atoms with Crippen LogP contribution in [-0.4, -0.2) is 27.6 Å². The Balaban J connectivity index is 2.40. The third-order valence-electron chi connectivity index (χ3n) is 3.88. The lowest BCUT2D eigenvalue weighted by Crippen LogP contribution is -2.09. The fraction of sp³-hybridized carbons (Fsp3) is 0.529. The Morgan fingerprint density at radius 3 is 2.52 bits per heavy atom. The molecule has 2 heterocycles. The molecule has 0 spiro atoms. The number of aromatic nitrogens is 3. The minimum Gasteiger partial charge on any atom is -0.434 e. The van der Waals surface area contributed by atoms with E-state index in [-0.39, 0.29) is 29.8 Å².